The third kappa shape index (κ3) is 20.0. The molecule has 0 radical (unpaired) electrons. The maximum absolute atomic E-state index is 14.8. The van der Waals surface area contributed by atoms with Crippen LogP contribution >= 0.6 is 69.6 Å². The monoisotopic (exact) mass is 1920 g/mol. The van der Waals surface area contributed by atoms with E-state index in [9.17, 15) is 29.9 Å². The van der Waals surface area contributed by atoms with Crippen molar-refractivity contribution in [2.75, 3.05) is 0 Å². The Morgan fingerprint density at radius 3 is 0.770 bits per heavy atom. The van der Waals surface area contributed by atoms with Gasteiger partial charge in [0.25, 0.3) is 0 Å². The van der Waals surface area contributed by atoms with Crippen molar-refractivity contribution in [1.82, 2.24) is 47.8 Å². The van der Waals surface area contributed by atoms with Gasteiger partial charge in [-0.1, -0.05) is 69.6 Å². The number of benzene rings is 5. The molecule has 5 aromatic carbocycles. The van der Waals surface area contributed by atoms with Crippen LogP contribution in [0.25, 0.3) is 134 Å². The minimum atomic E-state index is -0.270. The molecule has 0 amide bonds. The van der Waals surface area contributed by atoms with Crippen molar-refractivity contribution < 1.29 is 29.9 Å². The molecule has 0 saturated heterocycles. The summed E-state index contributed by atoms with van der Waals surface area (Å²) in [4.78, 5) is 39.5. The number of halogens is 7. The Bertz CT molecular complexity index is 6720. The van der Waals surface area contributed by atoms with Crippen molar-refractivity contribution in [3.63, 3.8) is 0 Å². The lowest BCUT2D eigenvalue weighted by Crippen LogP contribution is -2.21. The SMILES string of the molecule is [C-]#[N+]c1cc2c(-c3cncc(C)c3Cl)cn(C3CCC(O)CC3)c2cc1Cl.[C-]#[N+]c1cc2c(-c3cncc(C)c3Cl)cn(C3CCC(O)CC3)c2cc1Cl.[C-]#[N+]c1cc2c(-c3cncc(C)c3Cl)cn([C@@H]3CCC[C@@H](O)C3)c2cc1C.[C-]#[N+]c1cc2c(-c3cncc(C)c3Cl)cn([C@@H]3CCC[C@H](O)C3)c2cc1C.[C-]#[N+]c1cc2c(-c3cncc(C)c3F)cn(C3CCC(O)CC3)c2cc1C. The van der Waals surface area contributed by atoms with E-state index in [1.807, 2.05) is 103 Å². The van der Waals surface area contributed by atoms with Crippen LogP contribution in [0.1, 0.15) is 203 Å². The molecule has 5 aliphatic rings. The Morgan fingerprint density at radius 1 is 0.267 bits per heavy atom. The second-order valence-electron chi connectivity index (χ2n) is 36.8. The Labute approximate surface area is 815 Å². The minimum absolute atomic E-state index is 0.213. The van der Waals surface area contributed by atoms with Crippen molar-refractivity contribution in [2.45, 2.75) is 245 Å². The molecule has 4 atom stereocenters. The number of rotatable bonds is 10. The first kappa shape index (κ1) is 96.6. The van der Waals surface area contributed by atoms with Crippen molar-refractivity contribution in [1.29, 1.82) is 0 Å². The molecule has 0 bridgehead atoms. The first-order valence-corrected chi connectivity index (χ1v) is 48.2. The minimum Gasteiger partial charge on any atom is -0.393 e. The van der Waals surface area contributed by atoms with E-state index in [2.05, 4.69) is 109 Å². The van der Waals surface area contributed by atoms with E-state index in [1.165, 1.54) is 6.20 Å². The molecule has 15 aromatic rings. The number of aliphatic hydroxyl groups excluding tert-OH is 5. The zero-order valence-corrected chi connectivity index (χ0v) is 81.0. The maximum atomic E-state index is 14.8. The molecule has 5 saturated carbocycles. The van der Waals surface area contributed by atoms with Crippen molar-refractivity contribution in [3.05, 3.63) is 291 Å². The van der Waals surface area contributed by atoms with Gasteiger partial charge in [-0.2, -0.15) is 0 Å². The van der Waals surface area contributed by atoms with E-state index in [0.29, 0.717) is 69.7 Å². The van der Waals surface area contributed by atoms with E-state index < -0.39 is 0 Å². The zero-order valence-electron chi connectivity index (χ0n) is 76.4. The van der Waals surface area contributed by atoms with Crippen LogP contribution in [0.15, 0.2) is 154 Å². The van der Waals surface area contributed by atoms with Gasteiger partial charge >= 0.3 is 0 Å². The van der Waals surface area contributed by atoms with Crippen LogP contribution in [-0.4, -0.2) is 104 Å². The molecule has 10 heterocycles. The number of aliphatic hydroxyl groups is 5. The third-order valence-corrected chi connectivity index (χ3v) is 30.4. The summed E-state index contributed by atoms with van der Waals surface area (Å²) < 4.78 is 26.0. The van der Waals surface area contributed by atoms with Crippen LogP contribution in [0.2, 0.25) is 30.1 Å². The number of aryl methyl sites for hydroxylation is 8. The lowest BCUT2D eigenvalue weighted by Gasteiger charge is -2.28. The average molecular weight is 1920 g/mol. The van der Waals surface area contributed by atoms with E-state index in [-0.39, 0.29) is 66.5 Å². The molecular formula is C108H104Cl6FN15O5. The average Bonchev–Trinajstić information content (AvgIpc) is 1.63. The topological polar surface area (TPSA) is 212 Å². The molecule has 0 aliphatic heterocycles. The Hall–Kier alpha value is -11.5. The van der Waals surface area contributed by atoms with Gasteiger partial charge in [0.15, 0.2) is 17.1 Å². The Morgan fingerprint density at radius 2 is 0.504 bits per heavy atom. The molecule has 690 valence electrons. The zero-order chi connectivity index (χ0) is 95.6. The molecule has 0 spiro atoms. The smallest absolute Gasteiger partial charge is 0.206 e. The summed E-state index contributed by atoms with van der Waals surface area (Å²) in [7, 11) is 0. The summed E-state index contributed by atoms with van der Waals surface area (Å²) in [6, 6.07) is 20.7. The molecule has 5 aliphatic carbocycles. The maximum Gasteiger partial charge on any atom is 0.206 e. The summed E-state index contributed by atoms with van der Waals surface area (Å²) in [5, 5.41) is 58.3. The van der Waals surface area contributed by atoms with Gasteiger partial charge in [-0.05, 0) is 310 Å². The van der Waals surface area contributed by atoms with Gasteiger partial charge < -0.3 is 48.4 Å². The highest BCUT2D eigenvalue weighted by Crippen LogP contribution is 2.50. The van der Waals surface area contributed by atoms with E-state index in [4.69, 9.17) is 102 Å². The fraction of sp³-hybridized carbons (Fsp3) is 0.352. The Kier molecular flexibility index (Phi) is 29.7. The highest BCUT2D eigenvalue weighted by Gasteiger charge is 2.33. The first-order valence-electron chi connectivity index (χ1n) is 45.9. The molecule has 135 heavy (non-hydrogen) atoms. The lowest BCUT2D eigenvalue weighted by molar-refractivity contribution is 0.105. The lowest BCUT2D eigenvalue weighted by atomic mass is 9.93. The first-order chi connectivity index (χ1) is 65.0. The van der Waals surface area contributed by atoms with Gasteiger partial charge in [-0.3, -0.25) is 24.9 Å². The van der Waals surface area contributed by atoms with Crippen molar-refractivity contribution >= 4 is 153 Å². The normalized spacial score (nSPS) is 20.0. The number of aromatic nitrogens is 10. The number of pyridine rings is 5. The molecule has 20 nitrogen and oxygen atoms in total. The summed E-state index contributed by atoms with van der Waals surface area (Å²) in [6.07, 6.45) is 44.0. The van der Waals surface area contributed by atoms with Gasteiger partial charge in [0.1, 0.15) is 5.82 Å². The van der Waals surface area contributed by atoms with Crippen LogP contribution < -0.4 is 0 Å². The molecule has 27 heteroatoms. The highest BCUT2D eigenvalue weighted by atomic mass is 35.5. The van der Waals surface area contributed by atoms with Crippen molar-refractivity contribution in [2.24, 2.45) is 0 Å². The molecular weight excluding hydrogens is 1820 g/mol. The second-order valence-corrected chi connectivity index (χ2v) is 39.2. The van der Waals surface area contributed by atoms with Gasteiger partial charge in [0.05, 0.1) is 83.5 Å². The fourth-order valence-electron chi connectivity index (χ4n) is 20.3. The molecule has 20 rings (SSSR count). The number of fused-ring (bicyclic) bond motifs is 5. The number of hydrogen-bond donors (Lipinski definition) is 5. The summed E-state index contributed by atoms with van der Waals surface area (Å²) in [5.74, 6) is -0.270. The second kappa shape index (κ2) is 41.6. The van der Waals surface area contributed by atoms with Crippen LogP contribution in [-0.2, 0) is 0 Å². The molecule has 10 aromatic heterocycles. The number of nitrogens with zero attached hydrogens (tertiary/aromatic N) is 15. The van der Waals surface area contributed by atoms with E-state index >= 15 is 0 Å². The van der Waals surface area contributed by atoms with E-state index in [0.717, 1.165) is 272 Å². The predicted octanol–water partition coefficient (Wildman–Crippen LogP) is 30.2. The standard InChI is InChI=1S/2C22H22ClN3O.C22H22FN3O.2C21H19Cl2N3O/c2*1-13-7-21-17(9-20(13)24-3)19(18-11-25-10-14(2)22(18)23)12-26(21)15-5-4-6-16(27)8-15;1-13-8-21-17(9-20(13)24-3)19(18-11-25-10-14(2)22(18)23)12-26(21)15-4-6-16(27)7-5-15;2*1-12-9-25-10-16(21(12)23)17-11-26(13-3-5-14(27)6-4-13)20-8-18(22)19(24-2)7-15(17)20/h2*7,9-12,15-16,27H,4-6,8H2,1-2H3;8-12,15-16,27H,4-7H2,1-2H3;2*7-11,13-14,27H,3-6H2,1H3/t15-,16+;15-,16-;;;/m11.../s1. The third-order valence-electron chi connectivity index (χ3n) is 27.8. The summed E-state index contributed by atoms with van der Waals surface area (Å²) >= 11 is 39.0. The van der Waals surface area contributed by atoms with Crippen LogP contribution in [0.5, 0.6) is 0 Å². The van der Waals surface area contributed by atoms with Crippen LogP contribution in [0.3, 0.4) is 0 Å². The largest absolute Gasteiger partial charge is 0.393 e. The van der Waals surface area contributed by atoms with Gasteiger partial charge in [-0.25, -0.2) is 28.6 Å². The molecule has 5 fully saturated rings. The van der Waals surface area contributed by atoms with E-state index in [1.54, 1.807) is 62.7 Å². The van der Waals surface area contributed by atoms with Gasteiger partial charge in [-0.15, -0.1) is 0 Å². The highest BCUT2D eigenvalue weighted by molar-refractivity contribution is 6.37. The number of hydrogen-bond acceptors (Lipinski definition) is 10. The predicted molar refractivity (Wildman–Crippen MR) is 543 cm³/mol. The van der Waals surface area contributed by atoms with Crippen LogP contribution in [0, 0.1) is 94.1 Å². The summed E-state index contributed by atoms with van der Waals surface area (Å²) in [6.45, 7) is 52.6. The summed E-state index contributed by atoms with van der Waals surface area (Å²) in [5.41, 5.74) is 23.6. The quantitative estimate of drug-likeness (QED) is 0.0817. The van der Waals surface area contributed by atoms with Crippen molar-refractivity contribution in [3.8, 4) is 55.6 Å². The Balaban J connectivity index is 0.000000123. The fourth-order valence-corrected chi connectivity index (χ4v) is 21.5. The van der Waals surface area contributed by atoms with Crippen LogP contribution in [0.4, 0.5) is 32.8 Å². The molecule has 0 unspecified atom stereocenters. The van der Waals surface area contributed by atoms with Gasteiger partial charge in [0, 0.05) is 222 Å². The molecule has 5 N–H and O–H groups in total. The van der Waals surface area contributed by atoms with Gasteiger partial charge in [0.2, 0.25) is 11.4 Å².